The van der Waals surface area contributed by atoms with Crippen molar-refractivity contribution in [2.24, 2.45) is 11.7 Å². The van der Waals surface area contributed by atoms with Gasteiger partial charge in [-0.3, -0.25) is 0 Å². The molecular weight excluding hydrogens is 122 g/mol. The molecule has 0 aromatic rings. The number of nitrogens with two attached hydrogens (primary N) is 1. The maximum atomic E-state index is 5.71. The Bertz CT molecular complexity index is 118. The van der Waals surface area contributed by atoms with E-state index >= 15 is 0 Å². The molecule has 0 saturated carbocycles. The van der Waals surface area contributed by atoms with Crippen molar-refractivity contribution in [3.05, 3.63) is 12.2 Å². The van der Waals surface area contributed by atoms with E-state index in [1.807, 2.05) is 0 Å². The molecule has 0 aromatic heterocycles. The average molecular weight is 139 g/mol. The first-order chi connectivity index (χ1) is 4.83. The number of hydrogen-bond acceptors (Lipinski definition) is 1. The van der Waals surface area contributed by atoms with E-state index in [0.717, 1.165) is 5.92 Å². The standard InChI is InChI=1S/C9H17N/c1-2-3-8-4-6-9(10)7-5-8/h4,6,8-9H,2-3,5,7,10H2,1H3/t8-,9?/m1/s1. The van der Waals surface area contributed by atoms with Crippen LogP contribution in [0.25, 0.3) is 0 Å². The van der Waals surface area contributed by atoms with Gasteiger partial charge in [0.25, 0.3) is 0 Å². The molecule has 0 amide bonds. The summed E-state index contributed by atoms with van der Waals surface area (Å²) < 4.78 is 0. The second-order valence-electron chi connectivity index (χ2n) is 3.17. The van der Waals surface area contributed by atoms with Crippen LogP contribution < -0.4 is 5.73 Å². The molecule has 0 fully saturated rings. The molecule has 0 aliphatic heterocycles. The lowest BCUT2D eigenvalue weighted by molar-refractivity contribution is 0.476. The monoisotopic (exact) mass is 139 g/mol. The Kier molecular flexibility index (Phi) is 2.94. The van der Waals surface area contributed by atoms with E-state index in [-0.39, 0.29) is 0 Å². The van der Waals surface area contributed by atoms with Crippen LogP contribution in [0, 0.1) is 5.92 Å². The molecule has 1 nitrogen and oxygen atoms in total. The molecule has 0 spiro atoms. The van der Waals surface area contributed by atoms with E-state index in [4.69, 9.17) is 5.73 Å². The first-order valence-corrected chi connectivity index (χ1v) is 4.27. The minimum Gasteiger partial charge on any atom is -0.324 e. The van der Waals surface area contributed by atoms with Crippen LogP contribution in [0.5, 0.6) is 0 Å². The van der Waals surface area contributed by atoms with Gasteiger partial charge in [-0.15, -0.1) is 0 Å². The molecule has 0 radical (unpaired) electrons. The predicted octanol–water partition coefficient (Wildman–Crippen LogP) is 2.08. The number of hydrogen-bond donors (Lipinski definition) is 1. The molecule has 58 valence electrons. The van der Waals surface area contributed by atoms with Gasteiger partial charge in [0.2, 0.25) is 0 Å². The van der Waals surface area contributed by atoms with Crippen molar-refractivity contribution in [1.82, 2.24) is 0 Å². The van der Waals surface area contributed by atoms with Crippen LogP contribution in [0.15, 0.2) is 12.2 Å². The third-order valence-corrected chi connectivity index (χ3v) is 2.16. The summed E-state index contributed by atoms with van der Waals surface area (Å²) in [6, 6.07) is 0.341. The highest BCUT2D eigenvalue weighted by Gasteiger charge is 2.10. The number of allylic oxidation sites excluding steroid dienone is 1. The van der Waals surface area contributed by atoms with E-state index in [2.05, 4.69) is 19.1 Å². The molecule has 1 heteroatoms. The minimum absolute atomic E-state index is 0.341. The van der Waals surface area contributed by atoms with Gasteiger partial charge in [-0.05, 0) is 25.2 Å². The van der Waals surface area contributed by atoms with Crippen molar-refractivity contribution in [2.45, 2.75) is 38.6 Å². The summed E-state index contributed by atoms with van der Waals surface area (Å²) in [7, 11) is 0. The maximum Gasteiger partial charge on any atom is 0.0223 e. The van der Waals surface area contributed by atoms with Gasteiger partial charge in [0.15, 0.2) is 0 Å². The Morgan fingerprint density at radius 3 is 2.70 bits per heavy atom. The van der Waals surface area contributed by atoms with Gasteiger partial charge in [-0.2, -0.15) is 0 Å². The van der Waals surface area contributed by atoms with Gasteiger partial charge in [-0.25, -0.2) is 0 Å². The largest absolute Gasteiger partial charge is 0.324 e. The van der Waals surface area contributed by atoms with Crippen LogP contribution in [0.3, 0.4) is 0 Å². The fraction of sp³-hybridized carbons (Fsp3) is 0.778. The summed E-state index contributed by atoms with van der Waals surface area (Å²) >= 11 is 0. The molecule has 0 bridgehead atoms. The third kappa shape index (κ3) is 2.14. The van der Waals surface area contributed by atoms with E-state index in [1.165, 1.54) is 25.7 Å². The fourth-order valence-corrected chi connectivity index (χ4v) is 1.51. The van der Waals surface area contributed by atoms with Crippen molar-refractivity contribution in [3.8, 4) is 0 Å². The van der Waals surface area contributed by atoms with E-state index in [1.54, 1.807) is 0 Å². The summed E-state index contributed by atoms with van der Waals surface area (Å²) in [6.45, 7) is 2.24. The predicted molar refractivity (Wildman–Crippen MR) is 44.7 cm³/mol. The molecule has 1 aliphatic carbocycles. The lowest BCUT2D eigenvalue weighted by Crippen LogP contribution is -2.21. The van der Waals surface area contributed by atoms with Crippen molar-refractivity contribution < 1.29 is 0 Å². The molecule has 2 atom stereocenters. The third-order valence-electron chi connectivity index (χ3n) is 2.16. The molecule has 0 saturated heterocycles. The molecule has 0 aromatic carbocycles. The van der Waals surface area contributed by atoms with E-state index in [0.29, 0.717) is 6.04 Å². The van der Waals surface area contributed by atoms with Crippen molar-refractivity contribution in [2.75, 3.05) is 0 Å². The Hall–Kier alpha value is -0.300. The summed E-state index contributed by atoms with van der Waals surface area (Å²) in [5, 5.41) is 0. The Labute approximate surface area is 63.3 Å². The molecule has 0 heterocycles. The van der Waals surface area contributed by atoms with Crippen molar-refractivity contribution in [3.63, 3.8) is 0 Å². The summed E-state index contributed by atoms with van der Waals surface area (Å²) in [6.07, 6.45) is 9.56. The quantitative estimate of drug-likeness (QED) is 0.582. The Morgan fingerprint density at radius 2 is 2.20 bits per heavy atom. The lowest BCUT2D eigenvalue weighted by Gasteiger charge is -2.19. The average Bonchev–Trinajstić information content (AvgIpc) is 1.95. The smallest absolute Gasteiger partial charge is 0.0223 e. The molecule has 2 N–H and O–H groups in total. The zero-order valence-electron chi connectivity index (χ0n) is 6.72. The SMILES string of the molecule is CCC[C@@H]1C=CC(N)CC1. The van der Waals surface area contributed by atoms with Gasteiger partial charge in [0.1, 0.15) is 0 Å². The van der Waals surface area contributed by atoms with Gasteiger partial charge in [0, 0.05) is 6.04 Å². The second-order valence-corrected chi connectivity index (χ2v) is 3.17. The van der Waals surface area contributed by atoms with Crippen molar-refractivity contribution in [1.29, 1.82) is 0 Å². The minimum atomic E-state index is 0.341. The normalized spacial score (nSPS) is 32.6. The van der Waals surface area contributed by atoms with Crippen LogP contribution in [0.4, 0.5) is 0 Å². The van der Waals surface area contributed by atoms with Gasteiger partial charge in [-0.1, -0.05) is 25.5 Å². The molecule has 1 aliphatic rings. The topological polar surface area (TPSA) is 26.0 Å². The van der Waals surface area contributed by atoms with E-state index in [9.17, 15) is 0 Å². The molecule has 1 rings (SSSR count). The lowest BCUT2D eigenvalue weighted by atomic mass is 9.90. The zero-order chi connectivity index (χ0) is 7.40. The molecule has 10 heavy (non-hydrogen) atoms. The van der Waals surface area contributed by atoms with Gasteiger partial charge < -0.3 is 5.73 Å². The van der Waals surface area contributed by atoms with Crippen LogP contribution in [0.2, 0.25) is 0 Å². The number of rotatable bonds is 2. The highest BCUT2D eigenvalue weighted by atomic mass is 14.6. The highest BCUT2D eigenvalue weighted by Crippen LogP contribution is 2.20. The highest BCUT2D eigenvalue weighted by molar-refractivity contribution is 4.99. The van der Waals surface area contributed by atoms with Crippen LogP contribution in [0.1, 0.15) is 32.6 Å². The summed E-state index contributed by atoms with van der Waals surface area (Å²) in [5.41, 5.74) is 5.71. The van der Waals surface area contributed by atoms with Gasteiger partial charge in [0.05, 0.1) is 0 Å². The Balaban J connectivity index is 2.30. The van der Waals surface area contributed by atoms with Gasteiger partial charge >= 0.3 is 0 Å². The van der Waals surface area contributed by atoms with Crippen LogP contribution >= 0.6 is 0 Å². The van der Waals surface area contributed by atoms with Crippen molar-refractivity contribution >= 4 is 0 Å². The zero-order valence-corrected chi connectivity index (χ0v) is 6.72. The summed E-state index contributed by atoms with van der Waals surface area (Å²) in [5.74, 6) is 0.824. The first-order valence-electron chi connectivity index (χ1n) is 4.27. The molecular formula is C9H17N. The van der Waals surface area contributed by atoms with E-state index < -0.39 is 0 Å². The van der Waals surface area contributed by atoms with Crippen LogP contribution in [-0.2, 0) is 0 Å². The second kappa shape index (κ2) is 3.77. The molecule has 1 unspecified atom stereocenters. The summed E-state index contributed by atoms with van der Waals surface area (Å²) in [4.78, 5) is 0. The van der Waals surface area contributed by atoms with Crippen LogP contribution in [-0.4, -0.2) is 6.04 Å². The first kappa shape index (κ1) is 7.80. The fourth-order valence-electron chi connectivity index (χ4n) is 1.51. The Morgan fingerprint density at radius 1 is 1.40 bits per heavy atom. The maximum absolute atomic E-state index is 5.71.